The molecule has 172 valence electrons. The molecule has 0 aromatic heterocycles. The van der Waals surface area contributed by atoms with Gasteiger partial charge in [0.15, 0.2) is 0 Å². The third-order valence-corrected chi connectivity index (χ3v) is 6.35. The number of halogens is 2. The molecule has 0 saturated carbocycles. The maximum atomic E-state index is 14.5. The largest absolute Gasteiger partial charge is 0.207 e. The fourth-order valence-electron chi connectivity index (χ4n) is 4.34. The zero-order valence-corrected chi connectivity index (χ0v) is 19.8. The average Bonchev–Trinajstić information content (AvgIpc) is 2.87. The second-order valence-corrected chi connectivity index (χ2v) is 8.82. The number of benzene rings is 4. The van der Waals surface area contributed by atoms with E-state index in [2.05, 4.69) is 55.5 Å². The van der Waals surface area contributed by atoms with Crippen molar-refractivity contribution >= 4 is 0 Å². The van der Waals surface area contributed by atoms with Gasteiger partial charge in [0, 0.05) is 5.56 Å². The van der Waals surface area contributed by atoms with Crippen molar-refractivity contribution in [3.8, 4) is 22.3 Å². The summed E-state index contributed by atoms with van der Waals surface area (Å²) in [4.78, 5) is 0. The number of rotatable bonds is 8. The van der Waals surface area contributed by atoms with E-state index in [1.807, 2.05) is 49.4 Å². The lowest BCUT2D eigenvalue weighted by molar-refractivity contribution is 0.556. The van der Waals surface area contributed by atoms with Crippen LogP contribution in [0.15, 0.2) is 103 Å². The lowest BCUT2D eigenvalue weighted by atomic mass is 9.92. The zero-order valence-electron chi connectivity index (χ0n) is 19.8. The van der Waals surface area contributed by atoms with Gasteiger partial charge in [0.2, 0.25) is 0 Å². The molecule has 1 atom stereocenters. The van der Waals surface area contributed by atoms with Crippen LogP contribution in [0.25, 0.3) is 22.3 Å². The van der Waals surface area contributed by atoms with Gasteiger partial charge in [0.1, 0.15) is 11.6 Å². The van der Waals surface area contributed by atoms with E-state index in [0.717, 1.165) is 23.1 Å². The predicted octanol–water partition coefficient (Wildman–Crippen LogP) is 9.15. The molecule has 4 aromatic carbocycles. The second-order valence-electron chi connectivity index (χ2n) is 8.82. The first kappa shape index (κ1) is 23.6. The SMILES string of the molecule is CC=CCCc1c(F)cc(-c2ccc(-c3ccc(C[C@H](C)c4ccccc4)cc3)cc2)cc1F. The molecule has 0 fully saturated rings. The van der Waals surface area contributed by atoms with E-state index in [-0.39, 0.29) is 5.56 Å². The topological polar surface area (TPSA) is 0 Å². The average molecular weight is 453 g/mol. The molecular weight excluding hydrogens is 422 g/mol. The summed E-state index contributed by atoms with van der Waals surface area (Å²) in [5, 5.41) is 0. The van der Waals surface area contributed by atoms with Crippen molar-refractivity contribution in [2.24, 2.45) is 0 Å². The highest BCUT2D eigenvalue weighted by Crippen LogP contribution is 2.29. The summed E-state index contributed by atoms with van der Waals surface area (Å²) in [6.07, 6.45) is 5.79. The lowest BCUT2D eigenvalue weighted by Crippen LogP contribution is -1.98. The van der Waals surface area contributed by atoms with Gasteiger partial charge in [-0.15, -0.1) is 0 Å². The van der Waals surface area contributed by atoms with Gasteiger partial charge in [-0.05, 0) is 77.6 Å². The fraction of sp³-hybridized carbons (Fsp3) is 0.188. The fourth-order valence-corrected chi connectivity index (χ4v) is 4.34. The standard InChI is InChI=1S/C32H30F2/c1-3-4-6-11-30-31(33)21-29(22-32(30)34)28-18-16-27(17-19-28)26-14-12-24(13-15-26)20-23(2)25-9-7-5-8-10-25/h3-5,7-10,12-19,21-23H,6,11,20H2,1-2H3/t23-/m0/s1. The monoisotopic (exact) mass is 452 g/mol. The third kappa shape index (κ3) is 5.69. The zero-order chi connectivity index (χ0) is 23.9. The molecule has 0 heterocycles. The molecule has 4 rings (SSSR count). The molecule has 0 aliphatic carbocycles. The quantitative estimate of drug-likeness (QED) is 0.234. The highest BCUT2D eigenvalue weighted by molar-refractivity contribution is 5.70. The number of allylic oxidation sites excluding steroid dienone is 2. The van der Waals surface area contributed by atoms with Gasteiger partial charge in [-0.3, -0.25) is 0 Å². The highest BCUT2D eigenvalue weighted by Gasteiger charge is 2.12. The van der Waals surface area contributed by atoms with Crippen molar-refractivity contribution < 1.29 is 8.78 Å². The Morgan fingerprint density at radius 2 is 1.24 bits per heavy atom. The molecule has 0 spiro atoms. The summed E-state index contributed by atoms with van der Waals surface area (Å²) in [7, 11) is 0. The minimum absolute atomic E-state index is 0.153. The van der Waals surface area contributed by atoms with E-state index < -0.39 is 11.6 Å². The number of hydrogen-bond acceptors (Lipinski definition) is 0. The first-order valence-electron chi connectivity index (χ1n) is 11.9. The van der Waals surface area contributed by atoms with Crippen LogP contribution < -0.4 is 0 Å². The van der Waals surface area contributed by atoms with Crippen LogP contribution in [0, 0.1) is 11.6 Å². The molecule has 34 heavy (non-hydrogen) atoms. The molecule has 2 heteroatoms. The van der Waals surface area contributed by atoms with Crippen LogP contribution in [-0.2, 0) is 12.8 Å². The molecular formula is C32H30F2. The first-order valence-corrected chi connectivity index (χ1v) is 11.9. The summed E-state index contributed by atoms with van der Waals surface area (Å²) < 4.78 is 29.1. The summed E-state index contributed by atoms with van der Waals surface area (Å²) in [5.74, 6) is -0.505. The Morgan fingerprint density at radius 1 is 0.706 bits per heavy atom. The number of hydrogen-bond donors (Lipinski definition) is 0. The Balaban J connectivity index is 1.46. The summed E-state index contributed by atoms with van der Waals surface area (Å²) >= 11 is 0. The van der Waals surface area contributed by atoms with Gasteiger partial charge < -0.3 is 0 Å². The van der Waals surface area contributed by atoms with Crippen molar-refractivity contribution in [1.82, 2.24) is 0 Å². The normalized spacial score (nSPS) is 12.2. The minimum atomic E-state index is -0.483. The smallest absolute Gasteiger partial charge is 0.129 e. The third-order valence-electron chi connectivity index (χ3n) is 6.35. The summed E-state index contributed by atoms with van der Waals surface area (Å²) in [6, 6.07) is 29.9. The van der Waals surface area contributed by atoms with Crippen LogP contribution in [0.5, 0.6) is 0 Å². The van der Waals surface area contributed by atoms with Crippen LogP contribution in [0.3, 0.4) is 0 Å². The molecule has 4 aromatic rings. The van der Waals surface area contributed by atoms with Crippen molar-refractivity contribution in [3.63, 3.8) is 0 Å². The van der Waals surface area contributed by atoms with E-state index in [4.69, 9.17) is 0 Å². The van der Waals surface area contributed by atoms with E-state index >= 15 is 0 Å². The molecule has 0 amide bonds. The van der Waals surface area contributed by atoms with Gasteiger partial charge in [-0.1, -0.05) is 97.9 Å². The molecule has 0 radical (unpaired) electrons. The predicted molar refractivity (Wildman–Crippen MR) is 139 cm³/mol. The van der Waals surface area contributed by atoms with Gasteiger partial charge in [-0.2, -0.15) is 0 Å². The van der Waals surface area contributed by atoms with E-state index in [1.54, 1.807) is 0 Å². The Kier molecular flexibility index (Phi) is 7.69. The molecule has 0 saturated heterocycles. The van der Waals surface area contributed by atoms with Crippen molar-refractivity contribution in [3.05, 3.63) is 131 Å². The van der Waals surface area contributed by atoms with Gasteiger partial charge >= 0.3 is 0 Å². The maximum Gasteiger partial charge on any atom is 0.129 e. The van der Waals surface area contributed by atoms with Gasteiger partial charge in [-0.25, -0.2) is 8.78 Å². The van der Waals surface area contributed by atoms with Gasteiger partial charge in [0.05, 0.1) is 0 Å². The van der Waals surface area contributed by atoms with Crippen molar-refractivity contribution in [2.45, 2.75) is 39.0 Å². The molecule has 0 N–H and O–H groups in total. The minimum Gasteiger partial charge on any atom is -0.207 e. The molecule has 0 nitrogen and oxygen atoms in total. The molecule has 0 aliphatic rings. The van der Waals surface area contributed by atoms with Gasteiger partial charge in [0.25, 0.3) is 0 Å². The maximum absolute atomic E-state index is 14.5. The summed E-state index contributed by atoms with van der Waals surface area (Å²) in [6.45, 7) is 4.16. The van der Waals surface area contributed by atoms with Crippen molar-refractivity contribution in [1.29, 1.82) is 0 Å². The van der Waals surface area contributed by atoms with E-state index in [9.17, 15) is 8.78 Å². The highest BCUT2D eigenvalue weighted by atomic mass is 19.1. The Labute approximate surface area is 201 Å². The molecule has 0 bridgehead atoms. The van der Waals surface area contributed by atoms with Crippen LogP contribution in [0.1, 0.15) is 42.9 Å². The Bertz CT molecular complexity index is 1210. The Morgan fingerprint density at radius 3 is 1.79 bits per heavy atom. The molecule has 0 unspecified atom stereocenters. The van der Waals surface area contributed by atoms with Crippen molar-refractivity contribution in [2.75, 3.05) is 0 Å². The van der Waals surface area contributed by atoms with E-state index in [0.29, 0.717) is 24.3 Å². The molecule has 0 aliphatic heterocycles. The Hall–Kier alpha value is -3.52. The lowest BCUT2D eigenvalue weighted by Gasteiger charge is -2.12. The first-order chi connectivity index (χ1) is 16.5. The van der Waals surface area contributed by atoms with E-state index in [1.165, 1.54) is 23.3 Å². The van der Waals surface area contributed by atoms with Crippen LogP contribution in [0.4, 0.5) is 8.78 Å². The van der Waals surface area contributed by atoms with Crippen LogP contribution >= 0.6 is 0 Å². The summed E-state index contributed by atoms with van der Waals surface area (Å²) in [5.41, 5.74) is 6.37. The second kappa shape index (κ2) is 11.1. The van der Waals surface area contributed by atoms with Crippen LogP contribution in [0.2, 0.25) is 0 Å². The van der Waals surface area contributed by atoms with Crippen LogP contribution in [-0.4, -0.2) is 0 Å².